The smallest absolute Gasteiger partial charge is 0.170 e. The number of hydrogen-bond acceptors (Lipinski definition) is 3. The topological polar surface area (TPSA) is 28.2 Å². The number of aromatic nitrogens is 1. The van der Waals surface area contributed by atoms with E-state index in [0.717, 1.165) is 12.8 Å². The van der Waals surface area contributed by atoms with E-state index in [-0.39, 0.29) is 5.82 Å². The first-order valence-electron chi connectivity index (χ1n) is 6.12. The van der Waals surface area contributed by atoms with E-state index in [1.54, 1.807) is 12.3 Å². The van der Waals surface area contributed by atoms with Gasteiger partial charge in [0.25, 0.3) is 0 Å². The van der Waals surface area contributed by atoms with Crippen LogP contribution in [0.4, 0.5) is 10.2 Å². The number of nitrogens with one attached hydrogen (secondary N) is 1. The standard InChI is InChI=1S/C13H22FN3/c1-5-6-10(2)17(4)13-12(14)11(9-15-3)7-8-16-13/h7-8,10,15H,5-6,9H2,1-4H3. The summed E-state index contributed by atoms with van der Waals surface area (Å²) in [5.74, 6) is 0.228. The molecule has 0 bridgehead atoms. The third-order valence-corrected chi connectivity index (χ3v) is 3.02. The first kappa shape index (κ1) is 13.9. The maximum Gasteiger partial charge on any atom is 0.170 e. The molecule has 0 saturated heterocycles. The minimum Gasteiger partial charge on any atom is -0.355 e. The summed E-state index contributed by atoms with van der Waals surface area (Å²) in [6.45, 7) is 4.75. The molecule has 1 heterocycles. The minimum absolute atomic E-state index is 0.215. The van der Waals surface area contributed by atoms with Crippen molar-refractivity contribution in [1.29, 1.82) is 0 Å². The number of pyridine rings is 1. The first-order valence-corrected chi connectivity index (χ1v) is 6.12. The van der Waals surface area contributed by atoms with Crippen molar-refractivity contribution in [3.63, 3.8) is 0 Å². The van der Waals surface area contributed by atoms with Crippen molar-refractivity contribution in [1.82, 2.24) is 10.3 Å². The molecular weight excluding hydrogens is 217 g/mol. The van der Waals surface area contributed by atoms with Gasteiger partial charge in [-0.05, 0) is 26.5 Å². The fourth-order valence-corrected chi connectivity index (χ4v) is 1.86. The van der Waals surface area contributed by atoms with Crippen molar-refractivity contribution >= 4 is 5.82 Å². The van der Waals surface area contributed by atoms with E-state index in [1.807, 2.05) is 19.0 Å². The third-order valence-electron chi connectivity index (χ3n) is 3.02. The molecule has 1 N–H and O–H groups in total. The fourth-order valence-electron chi connectivity index (χ4n) is 1.86. The molecule has 1 aromatic rings. The Morgan fingerprint density at radius 2 is 2.24 bits per heavy atom. The van der Waals surface area contributed by atoms with E-state index in [9.17, 15) is 4.39 Å². The van der Waals surface area contributed by atoms with Crippen LogP contribution in [0.15, 0.2) is 12.3 Å². The molecule has 1 rings (SSSR count). The number of anilines is 1. The van der Waals surface area contributed by atoms with Gasteiger partial charge < -0.3 is 10.2 Å². The summed E-state index contributed by atoms with van der Waals surface area (Å²) in [6.07, 6.45) is 3.79. The highest BCUT2D eigenvalue weighted by Crippen LogP contribution is 2.21. The Labute approximate surface area is 103 Å². The Morgan fingerprint density at radius 3 is 2.82 bits per heavy atom. The minimum atomic E-state index is -0.215. The second-order valence-corrected chi connectivity index (χ2v) is 4.39. The molecule has 1 aromatic heterocycles. The molecule has 0 fully saturated rings. The van der Waals surface area contributed by atoms with E-state index < -0.39 is 0 Å². The maximum absolute atomic E-state index is 14.2. The van der Waals surface area contributed by atoms with Gasteiger partial charge in [-0.1, -0.05) is 13.3 Å². The summed E-state index contributed by atoms with van der Waals surface area (Å²) < 4.78 is 14.2. The van der Waals surface area contributed by atoms with Gasteiger partial charge in [0, 0.05) is 31.4 Å². The van der Waals surface area contributed by atoms with Gasteiger partial charge in [0.15, 0.2) is 11.6 Å². The average Bonchev–Trinajstić information content (AvgIpc) is 2.31. The highest BCUT2D eigenvalue weighted by Gasteiger charge is 2.16. The van der Waals surface area contributed by atoms with Crippen LogP contribution in [-0.2, 0) is 6.54 Å². The van der Waals surface area contributed by atoms with Gasteiger partial charge >= 0.3 is 0 Å². The van der Waals surface area contributed by atoms with E-state index in [4.69, 9.17) is 0 Å². The first-order chi connectivity index (χ1) is 8.11. The van der Waals surface area contributed by atoms with Crippen LogP contribution in [-0.4, -0.2) is 25.1 Å². The van der Waals surface area contributed by atoms with E-state index in [0.29, 0.717) is 24.0 Å². The molecule has 0 saturated carbocycles. The fraction of sp³-hybridized carbons (Fsp3) is 0.615. The van der Waals surface area contributed by atoms with Gasteiger partial charge in [0.1, 0.15) is 0 Å². The molecule has 0 spiro atoms. The maximum atomic E-state index is 14.2. The molecule has 1 unspecified atom stereocenters. The molecule has 0 aromatic carbocycles. The van der Waals surface area contributed by atoms with E-state index in [2.05, 4.69) is 24.1 Å². The van der Waals surface area contributed by atoms with Crippen LogP contribution in [0, 0.1) is 5.82 Å². The lowest BCUT2D eigenvalue weighted by molar-refractivity contribution is 0.561. The second kappa shape index (κ2) is 6.55. The quantitative estimate of drug-likeness (QED) is 0.827. The van der Waals surface area contributed by atoms with E-state index >= 15 is 0 Å². The molecular formula is C13H22FN3. The zero-order chi connectivity index (χ0) is 12.8. The number of halogens is 1. The van der Waals surface area contributed by atoms with Gasteiger partial charge in [-0.2, -0.15) is 0 Å². The Hall–Kier alpha value is -1.16. The molecule has 0 aliphatic heterocycles. The lowest BCUT2D eigenvalue weighted by Crippen LogP contribution is -2.30. The van der Waals surface area contributed by atoms with Crippen LogP contribution in [0.3, 0.4) is 0 Å². The normalized spacial score (nSPS) is 12.5. The molecule has 4 heteroatoms. The second-order valence-electron chi connectivity index (χ2n) is 4.39. The summed E-state index contributed by atoms with van der Waals surface area (Å²) >= 11 is 0. The van der Waals surface area contributed by atoms with Crippen LogP contribution in [0.5, 0.6) is 0 Å². The van der Waals surface area contributed by atoms with Crippen LogP contribution >= 0.6 is 0 Å². The predicted octanol–water partition coefficient (Wildman–Crippen LogP) is 2.56. The van der Waals surface area contributed by atoms with Gasteiger partial charge in [-0.15, -0.1) is 0 Å². The van der Waals surface area contributed by atoms with Gasteiger partial charge in [-0.3, -0.25) is 0 Å². The van der Waals surface area contributed by atoms with Crippen molar-refractivity contribution in [3.05, 3.63) is 23.6 Å². The highest BCUT2D eigenvalue weighted by atomic mass is 19.1. The Bertz CT molecular complexity index is 355. The average molecular weight is 239 g/mol. The molecule has 0 aliphatic rings. The Balaban J connectivity index is 2.93. The molecule has 0 amide bonds. The van der Waals surface area contributed by atoms with Crippen LogP contribution in [0.2, 0.25) is 0 Å². The Morgan fingerprint density at radius 1 is 1.53 bits per heavy atom. The van der Waals surface area contributed by atoms with Crippen LogP contribution < -0.4 is 10.2 Å². The zero-order valence-corrected chi connectivity index (χ0v) is 11.1. The lowest BCUT2D eigenvalue weighted by Gasteiger charge is -2.26. The van der Waals surface area contributed by atoms with Crippen molar-refractivity contribution in [3.8, 4) is 0 Å². The molecule has 0 radical (unpaired) electrons. The number of hydrogen-bond donors (Lipinski definition) is 1. The van der Waals surface area contributed by atoms with Crippen LogP contribution in [0.1, 0.15) is 32.3 Å². The summed E-state index contributed by atoms with van der Waals surface area (Å²) in [4.78, 5) is 6.06. The third kappa shape index (κ3) is 3.40. The summed E-state index contributed by atoms with van der Waals surface area (Å²) in [6, 6.07) is 2.01. The molecule has 17 heavy (non-hydrogen) atoms. The highest BCUT2D eigenvalue weighted by molar-refractivity contribution is 5.43. The Kier molecular flexibility index (Phi) is 5.35. The van der Waals surface area contributed by atoms with Crippen molar-refractivity contribution in [2.45, 2.75) is 39.3 Å². The largest absolute Gasteiger partial charge is 0.355 e. The van der Waals surface area contributed by atoms with E-state index in [1.165, 1.54) is 0 Å². The van der Waals surface area contributed by atoms with Crippen LogP contribution in [0.25, 0.3) is 0 Å². The van der Waals surface area contributed by atoms with Crippen molar-refractivity contribution in [2.24, 2.45) is 0 Å². The summed E-state index contributed by atoms with van der Waals surface area (Å²) in [5, 5.41) is 2.96. The lowest BCUT2D eigenvalue weighted by atomic mass is 10.1. The number of nitrogens with zero attached hydrogens (tertiary/aromatic N) is 2. The zero-order valence-electron chi connectivity index (χ0n) is 11.1. The molecule has 3 nitrogen and oxygen atoms in total. The van der Waals surface area contributed by atoms with Gasteiger partial charge in [0.05, 0.1) is 0 Å². The van der Waals surface area contributed by atoms with Gasteiger partial charge in [0.2, 0.25) is 0 Å². The molecule has 0 aliphatic carbocycles. The summed E-state index contributed by atoms with van der Waals surface area (Å²) in [5.41, 5.74) is 0.660. The monoisotopic (exact) mass is 239 g/mol. The van der Waals surface area contributed by atoms with Crippen molar-refractivity contribution in [2.75, 3.05) is 19.0 Å². The molecule has 1 atom stereocenters. The number of rotatable bonds is 6. The molecule has 96 valence electrons. The SMILES string of the molecule is CCCC(C)N(C)c1nccc(CNC)c1F. The van der Waals surface area contributed by atoms with Gasteiger partial charge in [-0.25, -0.2) is 9.37 Å². The van der Waals surface area contributed by atoms with Crippen molar-refractivity contribution < 1.29 is 4.39 Å². The summed E-state index contributed by atoms with van der Waals surface area (Å²) in [7, 11) is 3.71. The predicted molar refractivity (Wildman–Crippen MR) is 69.7 cm³/mol.